The molecule has 126 valence electrons. The summed E-state index contributed by atoms with van der Waals surface area (Å²) < 4.78 is 48.6. The van der Waals surface area contributed by atoms with Gasteiger partial charge in [-0.1, -0.05) is 6.07 Å². The zero-order valence-electron chi connectivity index (χ0n) is 12.6. The molecule has 0 amide bonds. The van der Waals surface area contributed by atoms with E-state index in [1.54, 1.807) is 29.2 Å². The Bertz CT molecular complexity index is 759. The second-order valence-electron chi connectivity index (χ2n) is 5.40. The molecule has 24 heavy (non-hydrogen) atoms. The third kappa shape index (κ3) is 3.68. The highest BCUT2D eigenvalue weighted by molar-refractivity contribution is 5.66. The quantitative estimate of drug-likeness (QED) is 0.849. The summed E-state index contributed by atoms with van der Waals surface area (Å²) >= 11 is 0. The van der Waals surface area contributed by atoms with Gasteiger partial charge in [-0.3, -0.25) is 0 Å². The van der Waals surface area contributed by atoms with Crippen molar-refractivity contribution < 1.29 is 22.6 Å². The zero-order valence-corrected chi connectivity index (χ0v) is 12.6. The largest absolute Gasteiger partial charge is 0.573 e. The van der Waals surface area contributed by atoms with Gasteiger partial charge in [0, 0.05) is 18.4 Å². The standard InChI is InChI=1S/C16H14F3N3O2/c17-16(18,19)24-14-7-11(4-5-12(14)8-20)13-9-21-22(10-13)15-3-1-2-6-23-15/h4-5,7,9-10,15H,1-3,6H2. The number of aromatic nitrogens is 2. The molecule has 1 fully saturated rings. The lowest BCUT2D eigenvalue weighted by atomic mass is 10.1. The van der Waals surface area contributed by atoms with Gasteiger partial charge in [-0.25, -0.2) is 4.68 Å². The molecular formula is C16H14F3N3O2. The molecule has 1 unspecified atom stereocenters. The normalized spacial score (nSPS) is 18.2. The van der Waals surface area contributed by atoms with Gasteiger partial charge in [-0.15, -0.1) is 13.2 Å². The van der Waals surface area contributed by atoms with Crippen molar-refractivity contribution in [2.45, 2.75) is 31.9 Å². The van der Waals surface area contributed by atoms with Gasteiger partial charge in [0.15, 0.2) is 0 Å². The fourth-order valence-electron chi connectivity index (χ4n) is 2.58. The molecule has 1 atom stereocenters. The van der Waals surface area contributed by atoms with Crippen molar-refractivity contribution in [1.82, 2.24) is 9.78 Å². The van der Waals surface area contributed by atoms with E-state index in [2.05, 4.69) is 9.84 Å². The molecule has 8 heteroatoms. The number of rotatable bonds is 3. The van der Waals surface area contributed by atoms with Gasteiger partial charge in [-0.2, -0.15) is 10.4 Å². The molecular weight excluding hydrogens is 323 g/mol. The second kappa shape index (κ2) is 6.53. The Hall–Kier alpha value is -2.53. The fraction of sp³-hybridized carbons (Fsp3) is 0.375. The minimum atomic E-state index is -4.86. The minimum absolute atomic E-state index is 0.156. The maximum absolute atomic E-state index is 12.5. The number of hydrogen-bond donors (Lipinski definition) is 0. The van der Waals surface area contributed by atoms with Crippen LogP contribution in [-0.4, -0.2) is 22.7 Å². The number of halogens is 3. The van der Waals surface area contributed by atoms with E-state index < -0.39 is 12.1 Å². The first kappa shape index (κ1) is 16.3. The highest BCUT2D eigenvalue weighted by Gasteiger charge is 2.32. The summed E-state index contributed by atoms with van der Waals surface area (Å²) in [4.78, 5) is 0. The Balaban J connectivity index is 1.88. The predicted octanol–water partition coefficient (Wildman–Crippen LogP) is 4.02. The van der Waals surface area contributed by atoms with Crippen LogP contribution in [0.3, 0.4) is 0 Å². The summed E-state index contributed by atoms with van der Waals surface area (Å²) in [5, 5.41) is 13.1. The molecule has 1 aromatic carbocycles. The number of ether oxygens (including phenoxy) is 2. The Morgan fingerprint density at radius 2 is 2.12 bits per heavy atom. The lowest BCUT2D eigenvalue weighted by Crippen LogP contribution is -2.18. The van der Waals surface area contributed by atoms with Crippen molar-refractivity contribution >= 4 is 0 Å². The molecule has 0 N–H and O–H groups in total. The summed E-state index contributed by atoms with van der Waals surface area (Å²) in [7, 11) is 0. The van der Waals surface area contributed by atoms with Crippen LogP contribution in [0.25, 0.3) is 11.1 Å². The third-order valence-corrected chi connectivity index (χ3v) is 3.71. The first-order chi connectivity index (χ1) is 11.5. The number of benzene rings is 1. The van der Waals surface area contributed by atoms with Crippen LogP contribution in [0.1, 0.15) is 31.1 Å². The van der Waals surface area contributed by atoms with Crippen LogP contribution in [0.15, 0.2) is 30.6 Å². The summed E-state index contributed by atoms with van der Waals surface area (Å²) in [6, 6.07) is 5.73. The van der Waals surface area contributed by atoms with E-state index in [4.69, 9.17) is 10.00 Å². The summed E-state index contributed by atoms with van der Waals surface area (Å²) in [6.07, 6.45) is 1.16. The van der Waals surface area contributed by atoms with Crippen LogP contribution in [0.2, 0.25) is 0 Å². The second-order valence-corrected chi connectivity index (χ2v) is 5.40. The molecule has 1 aliphatic rings. The Kier molecular flexibility index (Phi) is 4.44. The Labute approximate surface area is 136 Å². The van der Waals surface area contributed by atoms with Gasteiger partial charge in [-0.05, 0) is 37.0 Å². The Morgan fingerprint density at radius 3 is 2.79 bits per heavy atom. The van der Waals surface area contributed by atoms with Crippen LogP contribution < -0.4 is 4.74 Å². The van der Waals surface area contributed by atoms with Crippen LogP contribution in [0.5, 0.6) is 5.75 Å². The van der Waals surface area contributed by atoms with Crippen molar-refractivity contribution in [3.8, 4) is 22.9 Å². The molecule has 0 aliphatic carbocycles. The van der Waals surface area contributed by atoms with Gasteiger partial charge in [0.25, 0.3) is 0 Å². The average Bonchev–Trinajstić information content (AvgIpc) is 3.04. The van der Waals surface area contributed by atoms with Crippen LogP contribution in [-0.2, 0) is 4.74 Å². The van der Waals surface area contributed by atoms with Crippen LogP contribution in [0.4, 0.5) is 13.2 Å². The van der Waals surface area contributed by atoms with Crippen molar-refractivity contribution in [2.24, 2.45) is 0 Å². The topological polar surface area (TPSA) is 60.1 Å². The highest BCUT2D eigenvalue weighted by atomic mass is 19.4. The first-order valence-corrected chi connectivity index (χ1v) is 7.42. The van der Waals surface area contributed by atoms with E-state index in [0.717, 1.165) is 19.3 Å². The van der Waals surface area contributed by atoms with Gasteiger partial charge in [0.05, 0.1) is 11.8 Å². The van der Waals surface area contributed by atoms with E-state index in [1.165, 1.54) is 12.1 Å². The number of nitriles is 1. The van der Waals surface area contributed by atoms with Crippen LogP contribution >= 0.6 is 0 Å². The third-order valence-electron chi connectivity index (χ3n) is 3.71. The molecule has 0 saturated carbocycles. The van der Waals surface area contributed by atoms with Gasteiger partial charge < -0.3 is 9.47 Å². The highest BCUT2D eigenvalue weighted by Crippen LogP contribution is 2.32. The molecule has 0 bridgehead atoms. The average molecular weight is 337 g/mol. The fourth-order valence-corrected chi connectivity index (χ4v) is 2.58. The number of hydrogen-bond acceptors (Lipinski definition) is 4. The summed E-state index contributed by atoms with van der Waals surface area (Å²) in [6.45, 7) is 0.667. The van der Waals surface area contributed by atoms with Crippen molar-refractivity contribution in [3.05, 3.63) is 36.2 Å². The van der Waals surface area contributed by atoms with Crippen molar-refractivity contribution in [3.63, 3.8) is 0 Å². The molecule has 3 rings (SSSR count). The first-order valence-electron chi connectivity index (χ1n) is 7.42. The monoisotopic (exact) mass is 337 g/mol. The van der Waals surface area contributed by atoms with E-state index in [9.17, 15) is 13.2 Å². The van der Waals surface area contributed by atoms with Crippen molar-refractivity contribution in [2.75, 3.05) is 6.61 Å². The maximum Gasteiger partial charge on any atom is 0.573 e. The summed E-state index contributed by atoms with van der Waals surface area (Å²) in [5.74, 6) is -0.524. The lowest BCUT2D eigenvalue weighted by molar-refractivity contribution is -0.274. The minimum Gasteiger partial charge on any atom is -0.404 e. The molecule has 0 radical (unpaired) electrons. The van der Waals surface area contributed by atoms with E-state index in [0.29, 0.717) is 17.7 Å². The van der Waals surface area contributed by atoms with Crippen molar-refractivity contribution in [1.29, 1.82) is 5.26 Å². The molecule has 2 heterocycles. The number of nitrogens with zero attached hydrogens (tertiary/aromatic N) is 3. The van der Waals surface area contributed by atoms with E-state index >= 15 is 0 Å². The van der Waals surface area contributed by atoms with Crippen LogP contribution in [0, 0.1) is 11.3 Å². The van der Waals surface area contributed by atoms with Gasteiger partial charge in [0.1, 0.15) is 18.0 Å². The zero-order chi connectivity index (χ0) is 17.2. The number of alkyl halides is 3. The smallest absolute Gasteiger partial charge is 0.404 e. The van der Waals surface area contributed by atoms with Gasteiger partial charge in [0.2, 0.25) is 0 Å². The molecule has 0 spiro atoms. The van der Waals surface area contributed by atoms with Gasteiger partial charge >= 0.3 is 6.36 Å². The van der Waals surface area contributed by atoms with E-state index in [-0.39, 0.29) is 11.8 Å². The molecule has 1 aromatic heterocycles. The Morgan fingerprint density at radius 1 is 1.29 bits per heavy atom. The van der Waals surface area contributed by atoms with E-state index in [1.807, 2.05) is 0 Å². The molecule has 5 nitrogen and oxygen atoms in total. The SMILES string of the molecule is N#Cc1ccc(-c2cnn(C3CCCCO3)c2)cc1OC(F)(F)F. The molecule has 1 saturated heterocycles. The predicted molar refractivity (Wildman–Crippen MR) is 77.9 cm³/mol. The maximum atomic E-state index is 12.5. The lowest BCUT2D eigenvalue weighted by Gasteiger charge is -2.22. The summed E-state index contributed by atoms with van der Waals surface area (Å²) in [5.41, 5.74) is 0.926. The molecule has 1 aliphatic heterocycles. The molecule has 2 aromatic rings.